The lowest BCUT2D eigenvalue weighted by Gasteiger charge is -2.28. The van der Waals surface area contributed by atoms with Crippen LogP contribution in [0.1, 0.15) is 34.6 Å². The van der Waals surface area contributed by atoms with Crippen molar-refractivity contribution in [2.45, 2.75) is 45.9 Å². The largest absolute Gasteiger partial charge is 0.354 e. The Kier molecular flexibility index (Phi) is 3.50. The summed E-state index contributed by atoms with van der Waals surface area (Å²) in [5, 5.41) is 24.9. The topological polar surface area (TPSA) is 76.4 Å². The lowest BCUT2D eigenvalue weighted by atomic mass is 10.1. The van der Waals surface area contributed by atoms with Gasteiger partial charge in [0.25, 0.3) is 0 Å². The molecule has 17 heavy (non-hydrogen) atoms. The number of carbonyl (C=O) groups is 1. The van der Waals surface area contributed by atoms with Crippen molar-refractivity contribution in [3.8, 4) is 0 Å². The molecule has 0 spiro atoms. The maximum Gasteiger partial charge on any atom is 0.311 e. The fourth-order valence-electron chi connectivity index (χ4n) is 1.71. The molecule has 0 unspecified atom stereocenters. The Morgan fingerprint density at radius 2 is 1.76 bits per heavy atom. The number of hydrazone groups is 1. The zero-order valence-electron chi connectivity index (χ0n) is 11.1. The first-order chi connectivity index (χ1) is 7.66. The van der Waals surface area contributed by atoms with Gasteiger partial charge >= 0.3 is 11.7 Å². The Balaban J connectivity index is 3.16. The van der Waals surface area contributed by atoms with Crippen molar-refractivity contribution in [3.63, 3.8) is 0 Å². The van der Waals surface area contributed by atoms with Gasteiger partial charge in [0.15, 0.2) is 5.84 Å². The van der Waals surface area contributed by atoms with Crippen LogP contribution in [-0.4, -0.2) is 56.3 Å². The van der Waals surface area contributed by atoms with Crippen LogP contribution >= 0.6 is 0 Å². The van der Waals surface area contributed by atoms with Crippen molar-refractivity contribution >= 4 is 11.7 Å². The van der Waals surface area contributed by atoms with E-state index in [1.54, 1.807) is 25.7 Å². The average Bonchev–Trinajstić information content (AvgIpc) is 2.43. The van der Waals surface area contributed by atoms with Crippen LogP contribution in [-0.2, 0) is 4.79 Å². The maximum atomic E-state index is 11.9. The Hall–Kier alpha value is -1.14. The van der Waals surface area contributed by atoms with Crippen molar-refractivity contribution in [3.05, 3.63) is 0 Å². The van der Waals surface area contributed by atoms with Gasteiger partial charge in [-0.05, 0) is 34.6 Å². The monoisotopic (exact) mass is 243 g/mol. The van der Waals surface area contributed by atoms with Crippen molar-refractivity contribution in [1.29, 1.82) is 0 Å². The van der Waals surface area contributed by atoms with Crippen molar-refractivity contribution in [2.75, 3.05) is 13.1 Å². The molecule has 0 aromatic heterocycles. The zero-order chi connectivity index (χ0) is 13.4. The number of amidine groups is 1. The van der Waals surface area contributed by atoms with E-state index in [2.05, 4.69) is 5.10 Å². The highest BCUT2D eigenvalue weighted by atomic mass is 16.5. The van der Waals surface area contributed by atoms with E-state index in [0.29, 0.717) is 13.1 Å². The zero-order valence-corrected chi connectivity index (χ0v) is 11.1. The first kappa shape index (κ1) is 13.9. The van der Waals surface area contributed by atoms with E-state index in [1.165, 1.54) is 0 Å². The fraction of sp³-hybridized carbons (Fsp3) is 0.818. The van der Waals surface area contributed by atoms with Crippen LogP contribution in [0.25, 0.3) is 0 Å². The molecule has 0 saturated carbocycles. The Morgan fingerprint density at radius 3 is 2.06 bits per heavy atom. The number of hydrogen-bond acceptors (Lipinski definition) is 5. The highest BCUT2D eigenvalue weighted by Crippen LogP contribution is 2.27. The molecule has 1 rings (SSSR count). The first-order valence-electron chi connectivity index (χ1n) is 5.79. The summed E-state index contributed by atoms with van der Waals surface area (Å²) >= 11 is 0. The molecule has 0 fully saturated rings. The second-order valence-corrected chi connectivity index (χ2v) is 5.06. The minimum Gasteiger partial charge on any atom is -0.354 e. The number of rotatable bonds is 2. The number of amides is 1. The minimum atomic E-state index is -2.51. The predicted molar refractivity (Wildman–Crippen MR) is 64.1 cm³/mol. The lowest BCUT2D eigenvalue weighted by molar-refractivity contribution is -0.173. The molecule has 0 saturated heterocycles. The molecule has 6 nitrogen and oxygen atoms in total. The summed E-state index contributed by atoms with van der Waals surface area (Å²) in [6, 6.07) is 0. The first-order valence-corrected chi connectivity index (χ1v) is 5.79. The van der Waals surface area contributed by atoms with Gasteiger partial charge < -0.3 is 15.1 Å². The van der Waals surface area contributed by atoms with Crippen LogP contribution < -0.4 is 0 Å². The highest BCUT2D eigenvalue weighted by Gasteiger charge is 2.53. The van der Waals surface area contributed by atoms with Crippen LogP contribution in [0.15, 0.2) is 5.10 Å². The maximum absolute atomic E-state index is 11.9. The molecule has 0 aromatic rings. The summed E-state index contributed by atoms with van der Waals surface area (Å²) in [5.41, 5.74) is -0.581. The third-order valence-corrected chi connectivity index (χ3v) is 2.70. The van der Waals surface area contributed by atoms with Crippen LogP contribution in [0.4, 0.5) is 0 Å². The van der Waals surface area contributed by atoms with E-state index in [4.69, 9.17) is 0 Å². The van der Waals surface area contributed by atoms with E-state index >= 15 is 0 Å². The molecule has 0 aromatic carbocycles. The summed E-state index contributed by atoms with van der Waals surface area (Å²) in [6.45, 7) is 10.2. The number of nitrogens with zero attached hydrogens (tertiary/aromatic N) is 3. The molecule has 1 aliphatic heterocycles. The van der Waals surface area contributed by atoms with E-state index < -0.39 is 17.2 Å². The molecular weight excluding hydrogens is 222 g/mol. The summed E-state index contributed by atoms with van der Waals surface area (Å²) in [6.07, 6.45) is 0. The van der Waals surface area contributed by atoms with E-state index in [-0.39, 0.29) is 5.84 Å². The number of aliphatic hydroxyl groups is 2. The van der Waals surface area contributed by atoms with Crippen LogP contribution in [0, 0.1) is 0 Å². The number of likely N-dealkylation sites (N-methyl/N-ethyl adjacent to an activating group) is 1. The summed E-state index contributed by atoms with van der Waals surface area (Å²) in [7, 11) is 0. The molecule has 1 aliphatic rings. The summed E-state index contributed by atoms with van der Waals surface area (Å²) in [5.74, 6) is -3.31. The molecular formula is C11H21N3O3. The van der Waals surface area contributed by atoms with Crippen molar-refractivity contribution < 1.29 is 15.0 Å². The molecule has 6 heteroatoms. The van der Waals surface area contributed by atoms with Gasteiger partial charge in [-0.3, -0.25) is 4.79 Å². The van der Waals surface area contributed by atoms with Gasteiger partial charge in [0.05, 0.1) is 5.54 Å². The Labute approximate surface area is 102 Å². The molecule has 2 N–H and O–H groups in total. The average molecular weight is 243 g/mol. The normalized spacial score (nSPS) is 19.6. The van der Waals surface area contributed by atoms with Crippen LogP contribution in [0.2, 0.25) is 0 Å². The van der Waals surface area contributed by atoms with Crippen molar-refractivity contribution in [2.24, 2.45) is 5.10 Å². The molecule has 0 atom stereocenters. The molecule has 1 amide bonds. The van der Waals surface area contributed by atoms with Gasteiger partial charge in [0, 0.05) is 13.1 Å². The van der Waals surface area contributed by atoms with Gasteiger partial charge in [-0.25, -0.2) is 5.01 Å². The van der Waals surface area contributed by atoms with Gasteiger partial charge in [0.2, 0.25) is 0 Å². The quantitative estimate of drug-likeness (QED) is 0.667. The summed E-state index contributed by atoms with van der Waals surface area (Å²) < 4.78 is 0. The summed E-state index contributed by atoms with van der Waals surface area (Å²) in [4.78, 5) is 13.6. The smallest absolute Gasteiger partial charge is 0.311 e. The second-order valence-electron chi connectivity index (χ2n) is 5.06. The Morgan fingerprint density at radius 1 is 1.29 bits per heavy atom. The van der Waals surface area contributed by atoms with Crippen LogP contribution in [0.5, 0.6) is 0 Å². The van der Waals surface area contributed by atoms with Gasteiger partial charge in [-0.1, -0.05) is 0 Å². The molecule has 0 bridgehead atoms. The van der Waals surface area contributed by atoms with Gasteiger partial charge in [0.1, 0.15) is 0 Å². The lowest BCUT2D eigenvalue weighted by Crippen LogP contribution is -2.54. The molecule has 0 aliphatic carbocycles. The van der Waals surface area contributed by atoms with E-state index in [9.17, 15) is 15.0 Å². The highest BCUT2D eigenvalue weighted by molar-refractivity contribution is 6.12. The Bertz CT molecular complexity index is 340. The SMILES string of the molecule is CCN(CC)C1=NN(C(C)(C)C)C(=O)C1(O)O. The second kappa shape index (κ2) is 4.27. The standard InChI is InChI=1S/C11H21N3O3/c1-6-13(7-2)8-11(16,17)9(15)14(12-8)10(3,4)5/h16-17H,6-7H2,1-5H3. The van der Waals surface area contributed by atoms with Gasteiger partial charge in [-0.15, -0.1) is 5.10 Å². The van der Waals surface area contributed by atoms with Gasteiger partial charge in [-0.2, -0.15) is 0 Å². The molecule has 1 heterocycles. The minimum absolute atomic E-state index is 0.00225. The molecule has 0 radical (unpaired) electrons. The third-order valence-electron chi connectivity index (χ3n) is 2.70. The van der Waals surface area contributed by atoms with E-state index in [0.717, 1.165) is 5.01 Å². The van der Waals surface area contributed by atoms with E-state index in [1.807, 2.05) is 13.8 Å². The fourth-order valence-corrected chi connectivity index (χ4v) is 1.71. The van der Waals surface area contributed by atoms with Crippen LogP contribution in [0.3, 0.4) is 0 Å². The number of carbonyl (C=O) groups excluding carboxylic acids is 1. The van der Waals surface area contributed by atoms with Crippen molar-refractivity contribution in [1.82, 2.24) is 9.91 Å². The number of hydrogen-bond donors (Lipinski definition) is 2. The third kappa shape index (κ3) is 2.28. The molecule has 98 valence electrons. The predicted octanol–water partition coefficient (Wildman–Crippen LogP) is -0.0367.